The van der Waals surface area contributed by atoms with Crippen molar-refractivity contribution in [2.75, 3.05) is 0 Å². The van der Waals surface area contributed by atoms with Gasteiger partial charge in [-0.2, -0.15) is 0 Å². The number of hydrogen-bond acceptors (Lipinski definition) is 2. The average molecular weight is 299 g/mol. The Hall–Kier alpha value is -0.0800. The molecule has 0 saturated carbocycles. The first-order valence-electron chi connectivity index (χ1n) is 9.48. The van der Waals surface area contributed by atoms with Gasteiger partial charge < -0.3 is 9.84 Å². The normalized spacial score (nSPS) is 22.7. The summed E-state index contributed by atoms with van der Waals surface area (Å²) in [5.41, 5.74) is 0. The van der Waals surface area contributed by atoms with E-state index >= 15 is 0 Å². The van der Waals surface area contributed by atoms with Gasteiger partial charge in [0.2, 0.25) is 0 Å². The van der Waals surface area contributed by atoms with Gasteiger partial charge in [0.15, 0.2) is 0 Å². The molecule has 1 rings (SSSR count). The Balaban J connectivity index is 1.89. The second-order valence-electron chi connectivity index (χ2n) is 7.29. The largest absolute Gasteiger partial charge is 0.390 e. The standard InChI is InChI=1S/C19H38O2/c1-4-5-6-7-8-9-10-14-17(20)19-18(21-19)15-12-11-13-16(2)3/h16-20H,4-15H2,1-3H3/t17-,18+,19-/m1/s1. The fourth-order valence-electron chi connectivity index (χ4n) is 3.10. The van der Waals surface area contributed by atoms with Crippen molar-refractivity contribution in [1.29, 1.82) is 0 Å². The van der Waals surface area contributed by atoms with Crippen molar-refractivity contribution in [3.8, 4) is 0 Å². The Kier molecular flexibility index (Phi) is 10.4. The fraction of sp³-hybridized carbons (Fsp3) is 1.00. The molecule has 3 atom stereocenters. The summed E-state index contributed by atoms with van der Waals surface area (Å²) in [4.78, 5) is 0. The lowest BCUT2D eigenvalue weighted by Crippen LogP contribution is -2.16. The van der Waals surface area contributed by atoms with Crippen LogP contribution in [-0.4, -0.2) is 23.4 Å². The molecule has 0 aliphatic carbocycles. The lowest BCUT2D eigenvalue weighted by Gasteiger charge is -2.07. The molecule has 126 valence electrons. The molecule has 0 aromatic carbocycles. The van der Waals surface area contributed by atoms with Gasteiger partial charge in [0, 0.05) is 0 Å². The molecule has 0 aromatic rings. The van der Waals surface area contributed by atoms with Crippen LogP contribution in [0.4, 0.5) is 0 Å². The van der Waals surface area contributed by atoms with Crippen LogP contribution in [0.2, 0.25) is 0 Å². The average Bonchev–Trinajstić information content (AvgIpc) is 3.22. The zero-order valence-corrected chi connectivity index (χ0v) is 14.7. The summed E-state index contributed by atoms with van der Waals surface area (Å²) in [6.07, 6.45) is 15.4. The van der Waals surface area contributed by atoms with Crippen molar-refractivity contribution in [2.45, 2.75) is 116 Å². The number of aliphatic hydroxyl groups is 1. The van der Waals surface area contributed by atoms with E-state index in [1.165, 1.54) is 57.8 Å². The van der Waals surface area contributed by atoms with Crippen molar-refractivity contribution >= 4 is 0 Å². The van der Waals surface area contributed by atoms with Gasteiger partial charge in [-0.15, -0.1) is 0 Å². The molecule has 2 nitrogen and oxygen atoms in total. The highest BCUT2D eigenvalue weighted by Crippen LogP contribution is 2.32. The summed E-state index contributed by atoms with van der Waals surface area (Å²) in [6, 6.07) is 0. The van der Waals surface area contributed by atoms with Crippen LogP contribution in [0.15, 0.2) is 0 Å². The zero-order chi connectivity index (χ0) is 15.5. The lowest BCUT2D eigenvalue weighted by atomic mass is 10.0. The van der Waals surface area contributed by atoms with E-state index < -0.39 is 0 Å². The second-order valence-corrected chi connectivity index (χ2v) is 7.29. The molecule has 0 bridgehead atoms. The van der Waals surface area contributed by atoms with Crippen LogP contribution in [0.25, 0.3) is 0 Å². The number of aliphatic hydroxyl groups excluding tert-OH is 1. The topological polar surface area (TPSA) is 32.8 Å². The molecule has 1 saturated heterocycles. The second kappa shape index (κ2) is 11.5. The minimum absolute atomic E-state index is 0.157. The number of hydrogen-bond donors (Lipinski definition) is 1. The summed E-state index contributed by atoms with van der Waals surface area (Å²) in [7, 11) is 0. The van der Waals surface area contributed by atoms with E-state index in [1.807, 2.05) is 0 Å². The molecule has 0 unspecified atom stereocenters. The van der Waals surface area contributed by atoms with Crippen molar-refractivity contribution < 1.29 is 9.84 Å². The van der Waals surface area contributed by atoms with Gasteiger partial charge in [-0.25, -0.2) is 0 Å². The molecule has 0 aromatic heterocycles. The van der Waals surface area contributed by atoms with E-state index in [9.17, 15) is 5.11 Å². The van der Waals surface area contributed by atoms with Gasteiger partial charge in [0.05, 0.1) is 12.2 Å². The molecule has 1 aliphatic heterocycles. The molecule has 0 amide bonds. The maximum Gasteiger partial charge on any atom is 0.110 e. The van der Waals surface area contributed by atoms with Crippen LogP contribution < -0.4 is 0 Å². The predicted molar refractivity (Wildman–Crippen MR) is 90.6 cm³/mol. The number of epoxide rings is 1. The van der Waals surface area contributed by atoms with Crippen LogP contribution in [0, 0.1) is 5.92 Å². The lowest BCUT2D eigenvalue weighted by molar-refractivity contribution is 0.123. The first-order chi connectivity index (χ1) is 10.1. The Morgan fingerprint density at radius 3 is 2.14 bits per heavy atom. The van der Waals surface area contributed by atoms with Crippen molar-refractivity contribution in [1.82, 2.24) is 0 Å². The van der Waals surface area contributed by atoms with Crippen molar-refractivity contribution in [3.05, 3.63) is 0 Å². The maximum absolute atomic E-state index is 10.1. The van der Waals surface area contributed by atoms with Gasteiger partial charge >= 0.3 is 0 Å². The highest BCUT2D eigenvalue weighted by Gasteiger charge is 2.42. The zero-order valence-electron chi connectivity index (χ0n) is 14.7. The Morgan fingerprint density at radius 1 is 0.857 bits per heavy atom. The first-order valence-corrected chi connectivity index (χ1v) is 9.48. The van der Waals surface area contributed by atoms with E-state index in [-0.39, 0.29) is 12.2 Å². The summed E-state index contributed by atoms with van der Waals surface area (Å²) >= 11 is 0. The first kappa shape index (κ1) is 19.0. The summed E-state index contributed by atoms with van der Waals surface area (Å²) in [5, 5.41) is 10.1. The Morgan fingerprint density at radius 2 is 1.48 bits per heavy atom. The number of ether oxygens (including phenoxy) is 1. The highest BCUT2D eigenvalue weighted by atomic mass is 16.6. The van der Waals surface area contributed by atoms with E-state index in [1.54, 1.807) is 0 Å². The minimum atomic E-state index is -0.212. The monoisotopic (exact) mass is 298 g/mol. The summed E-state index contributed by atoms with van der Waals surface area (Å²) in [6.45, 7) is 6.82. The van der Waals surface area contributed by atoms with Crippen LogP contribution >= 0.6 is 0 Å². The number of rotatable bonds is 14. The molecule has 21 heavy (non-hydrogen) atoms. The molecule has 1 heterocycles. The van der Waals surface area contributed by atoms with Crippen molar-refractivity contribution in [3.63, 3.8) is 0 Å². The van der Waals surface area contributed by atoms with Crippen LogP contribution in [0.3, 0.4) is 0 Å². The third-order valence-corrected chi connectivity index (χ3v) is 4.62. The van der Waals surface area contributed by atoms with Gasteiger partial charge in [-0.1, -0.05) is 85.0 Å². The van der Waals surface area contributed by atoms with E-state index in [0.29, 0.717) is 6.10 Å². The van der Waals surface area contributed by atoms with Crippen LogP contribution in [0.5, 0.6) is 0 Å². The van der Waals surface area contributed by atoms with Crippen LogP contribution in [0.1, 0.15) is 97.8 Å². The molecule has 0 radical (unpaired) electrons. The third kappa shape index (κ3) is 9.52. The molecule has 0 spiro atoms. The summed E-state index contributed by atoms with van der Waals surface area (Å²) in [5.74, 6) is 0.809. The van der Waals surface area contributed by atoms with Gasteiger partial charge in [-0.3, -0.25) is 0 Å². The van der Waals surface area contributed by atoms with Crippen molar-refractivity contribution in [2.24, 2.45) is 5.92 Å². The fourth-order valence-corrected chi connectivity index (χ4v) is 3.10. The number of unbranched alkanes of at least 4 members (excludes halogenated alkanes) is 7. The van der Waals surface area contributed by atoms with Gasteiger partial charge in [0.1, 0.15) is 6.10 Å². The van der Waals surface area contributed by atoms with E-state index in [0.717, 1.165) is 25.2 Å². The van der Waals surface area contributed by atoms with Gasteiger partial charge in [0.25, 0.3) is 0 Å². The smallest absolute Gasteiger partial charge is 0.110 e. The third-order valence-electron chi connectivity index (χ3n) is 4.62. The molecular weight excluding hydrogens is 260 g/mol. The van der Waals surface area contributed by atoms with Gasteiger partial charge in [-0.05, 0) is 18.8 Å². The molecule has 1 N–H and O–H groups in total. The molecule has 2 heteroatoms. The molecule has 1 aliphatic rings. The predicted octanol–water partition coefficient (Wildman–Crippen LogP) is 5.47. The maximum atomic E-state index is 10.1. The minimum Gasteiger partial charge on any atom is -0.390 e. The quantitative estimate of drug-likeness (QED) is 0.340. The SMILES string of the molecule is CCCCCCCCC[C@@H](O)[C@H]1O[C@H]1CCCCC(C)C. The van der Waals surface area contributed by atoms with E-state index in [2.05, 4.69) is 20.8 Å². The molecule has 1 fully saturated rings. The van der Waals surface area contributed by atoms with Crippen LogP contribution in [-0.2, 0) is 4.74 Å². The highest BCUT2D eigenvalue weighted by molar-refractivity contribution is 4.90. The Bertz CT molecular complexity index is 240. The Labute approximate surface area is 132 Å². The summed E-state index contributed by atoms with van der Waals surface area (Å²) < 4.78 is 5.65. The molecular formula is C19H38O2. The van der Waals surface area contributed by atoms with E-state index in [4.69, 9.17) is 4.74 Å².